The summed E-state index contributed by atoms with van der Waals surface area (Å²) in [6.45, 7) is 0.398. The lowest BCUT2D eigenvalue weighted by atomic mass is 9.78. The van der Waals surface area contributed by atoms with Crippen LogP contribution in [0.3, 0.4) is 0 Å². The van der Waals surface area contributed by atoms with E-state index in [1.165, 1.54) is 0 Å². The van der Waals surface area contributed by atoms with Gasteiger partial charge in [-0.05, 0) is 12.8 Å². The maximum atomic E-state index is 12.1. The highest BCUT2D eigenvalue weighted by atomic mass is 16.4. The molecule has 0 unspecified atom stereocenters. The van der Waals surface area contributed by atoms with E-state index in [0.29, 0.717) is 19.4 Å². The molecule has 1 heterocycles. The van der Waals surface area contributed by atoms with Crippen molar-refractivity contribution >= 4 is 11.9 Å². The maximum absolute atomic E-state index is 12.1. The summed E-state index contributed by atoms with van der Waals surface area (Å²) in [5.41, 5.74) is 0.915. The van der Waals surface area contributed by atoms with Crippen molar-refractivity contribution in [2.75, 3.05) is 0 Å². The van der Waals surface area contributed by atoms with Gasteiger partial charge in [-0.15, -0.1) is 0 Å². The minimum absolute atomic E-state index is 0.157. The Hall–Kier alpha value is -1.85. The molecule has 1 amide bonds. The van der Waals surface area contributed by atoms with Gasteiger partial charge in [0.1, 0.15) is 0 Å². The molecule has 6 heteroatoms. The van der Waals surface area contributed by atoms with E-state index in [1.54, 1.807) is 10.9 Å². The molecule has 2 rings (SSSR count). The van der Waals surface area contributed by atoms with Gasteiger partial charge in [-0.25, -0.2) is 0 Å². The molecule has 2 atom stereocenters. The predicted octanol–water partition coefficient (Wildman–Crippen LogP) is 0.927. The fraction of sp³-hybridized carbons (Fsp3) is 0.615. The zero-order valence-corrected chi connectivity index (χ0v) is 11.0. The normalized spacial score (nSPS) is 23.0. The van der Waals surface area contributed by atoms with Gasteiger partial charge in [0.25, 0.3) is 0 Å². The second-order valence-corrected chi connectivity index (χ2v) is 5.08. The Balaban J connectivity index is 1.92. The van der Waals surface area contributed by atoms with Crippen LogP contribution in [0.15, 0.2) is 12.4 Å². The standard InChI is InChI=1S/C13H19N3O3/c1-16-8-9(7-15-16)6-14-12(17)10-4-2-3-5-11(10)13(18)19/h7-8,10-11H,2-6H2,1H3,(H,14,17)(H,18,19)/t10-,11+/m0/s1. The zero-order chi connectivity index (χ0) is 13.8. The molecule has 0 bridgehead atoms. The smallest absolute Gasteiger partial charge is 0.307 e. The molecular formula is C13H19N3O3. The van der Waals surface area contributed by atoms with E-state index < -0.39 is 17.8 Å². The third-order valence-corrected chi connectivity index (χ3v) is 3.65. The van der Waals surface area contributed by atoms with Crippen LogP contribution in [0.25, 0.3) is 0 Å². The summed E-state index contributed by atoms with van der Waals surface area (Å²) in [6, 6.07) is 0. The van der Waals surface area contributed by atoms with Gasteiger partial charge < -0.3 is 10.4 Å². The van der Waals surface area contributed by atoms with Gasteiger partial charge in [-0.1, -0.05) is 12.8 Å². The van der Waals surface area contributed by atoms with E-state index in [9.17, 15) is 9.59 Å². The summed E-state index contributed by atoms with van der Waals surface area (Å²) in [5, 5.41) is 16.0. The number of aliphatic carboxylic acids is 1. The molecule has 1 saturated carbocycles. The van der Waals surface area contributed by atoms with Gasteiger partial charge in [0.15, 0.2) is 0 Å². The number of hydrogen-bond acceptors (Lipinski definition) is 3. The highest BCUT2D eigenvalue weighted by Gasteiger charge is 2.35. The minimum Gasteiger partial charge on any atom is -0.481 e. The summed E-state index contributed by atoms with van der Waals surface area (Å²) >= 11 is 0. The van der Waals surface area contributed by atoms with E-state index in [1.807, 2.05) is 13.2 Å². The maximum Gasteiger partial charge on any atom is 0.307 e. The Labute approximate surface area is 111 Å². The molecule has 0 radical (unpaired) electrons. The monoisotopic (exact) mass is 265 g/mol. The third-order valence-electron chi connectivity index (χ3n) is 3.65. The largest absolute Gasteiger partial charge is 0.481 e. The van der Waals surface area contributed by atoms with E-state index in [0.717, 1.165) is 18.4 Å². The lowest BCUT2D eigenvalue weighted by Gasteiger charge is -2.27. The lowest BCUT2D eigenvalue weighted by molar-refractivity contribution is -0.148. The summed E-state index contributed by atoms with van der Waals surface area (Å²) in [5.74, 6) is -1.96. The molecule has 0 aliphatic heterocycles. The second-order valence-electron chi connectivity index (χ2n) is 5.08. The number of carboxylic acid groups (broad SMARTS) is 1. The van der Waals surface area contributed by atoms with Crippen LogP contribution in [-0.2, 0) is 23.2 Å². The highest BCUT2D eigenvalue weighted by molar-refractivity contribution is 5.84. The Morgan fingerprint density at radius 1 is 1.42 bits per heavy atom. The van der Waals surface area contributed by atoms with E-state index >= 15 is 0 Å². The molecule has 0 spiro atoms. The van der Waals surface area contributed by atoms with Gasteiger partial charge >= 0.3 is 5.97 Å². The molecule has 1 aliphatic carbocycles. The van der Waals surface area contributed by atoms with Crippen LogP contribution in [0.2, 0.25) is 0 Å². The Kier molecular flexibility index (Phi) is 4.19. The van der Waals surface area contributed by atoms with Crippen LogP contribution in [0.1, 0.15) is 31.2 Å². The summed E-state index contributed by atoms with van der Waals surface area (Å²) in [4.78, 5) is 23.2. The number of amides is 1. The first-order chi connectivity index (χ1) is 9.08. The average molecular weight is 265 g/mol. The van der Waals surface area contributed by atoms with Crippen molar-refractivity contribution in [1.29, 1.82) is 0 Å². The van der Waals surface area contributed by atoms with Crippen molar-refractivity contribution in [1.82, 2.24) is 15.1 Å². The average Bonchev–Trinajstić information content (AvgIpc) is 2.81. The first-order valence-electron chi connectivity index (χ1n) is 6.56. The predicted molar refractivity (Wildman–Crippen MR) is 68.1 cm³/mol. The molecule has 2 N–H and O–H groups in total. The van der Waals surface area contributed by atoms with Crippen LogP contribution in [-0.4, -0.2) is 26.8 Å². The number of carboxylic acids is 1. The molecule has 1 fully saturated rings. The number of carbonyl (C=O) groups excluding carboxylic acids is 1. The summed E-state index contributed by atoms with van der Waals surface area (Å²) in [7, 11) is 1.81. The number of nitrogens with zero attached hydrogens (tertiary/aromatic N) is 2. The number of aromatic nitrogens is 2. The fourth-order valence-corrected chi connectivity index (χ4v) is 2.62. The second kappa shape index (κ2) is 5.86. The quantitative estimate of drug-likeness (QED) is 0.848. The van der Waals surface area contributed by atoms with E-state index in [-0.39, 0.29) is 5.91 Å². The molecule has 1 aliphatic rings. The van der Waals surface area contributed by atoms with Gasteiger partial charge in [0.2, 0.25) is 5.91 Å². The Morgan fingerprint density at radius 3 is 2.68 bits per heavy atom. The first-order valence-corrected chi connectivity index (χ1v) is 6.56. The van der Waals surface area contributed by atoms with Gasteiger partial charge in [0.05, 0.1) is 18.0 Å². The summed E-state index contributed by atoms with van der Waals surface area (Å²) in [6.07, 6.45) is 6.60. The lowest BCUT2D eigenvalue weighted by Crippen LogP contribution is -2.39. The molecule has 1 aromatic heterocycles. The minimum atomic E-state index is -0.860. The van der Waals surface area contributed by atoms with Crippen molar-refractivity contribution in [2.45, 2.75) is 32.2 Å². The third kappa shape index (κ3) is 3.33. The number of nitrogens with one attached hydrogen (secondary N) is 1. The molecule has 1 aromatic rings. The SMILES string of the molecule is Cn1cc(CNC(=O)[C@H]2CCCC[C@H]2C(=O)O)cn1. The van der Waals surface area contributed by atoms with Crippen LogP contribution in [0.5, 0.6) is 0 Å². The number of hydrogen-bond donors (Lipinski definition) is 2. The number of aryl methyl sites for hydroxylation is 1. The van der Waals surface area contributed by atoms with E-state index in [2.05, 4.69) is 10.4 Å². The number of rotatable bonds is 4. The first kappa shape index (κ1) is 13.6. The van der Waals surface area contributed by atoms with Crippen molar-refractivity contribution in [3.05, 3.63) is 18.0 Å². The highest BCUT2D eigenvalue weighted by Crippen LogP contribution is 2.30. The van der Waals surface area contributed by atoms with Crippen molar-refractivity contribution in [3.63, 3.8) is 0 Å². The van der Waals surface area contributed by atoms with Crippen LogP contribution in [0, 0.1) is 11.8 Å². The van der Waals surface area contributed by atoms with E-state index in [4.69, 9.17) is 5.11 Å². The fourth-order valence-electron chi connectivity index (χ4n) is 2.62. The van der Waals surface area contributed by atoms with Crippen LogP contribution in [0.4, 0.5) is 0 Å². The molecular weight excluding hydrogens is 246 g/mol. The Morgan fingerprint density at radius 2 is 2.11 bits per heavy atom. The van der Waals surface area contributed by atoms with Crippen molar-refractivity contribution < 1.29 is 14.7 Å². The van der Waals surface area contributed by atoms with Crippen LogP contribution >= 0.6 is 0 Å². The zero-order valence-electron chi connectivity index (χ0n) is 11.0. The van der Waals surface area contributed by atoms with Gasteiger partial charge in [-0.3, -0.25) is 14.3 Å². The Bertz CT molecular complexity index is 469. The summed E-state index contributed by atoms with van der Waals surface area (Å²) < 4.78 is 1.67. The number of carbonyl (C=O) groups is 2. The molecule has 104 valence electrons. The van der Waals surface area contributed by atoms with Crippen LogP contribution < -0.4 is 5.32 Å². The molecule has 6 nitrogen and oxygen atoms in total. The van der Waals surface area contributed by atoms with Gasteiger partial charge in [-0.2, -0.15) is 5.10 Å². The van der Waals surface area contributed by atoms with Crippen molar-refractivity contribution in [2.24, 2.45) is 18.9 Å². The topological polar surface area (TPSA) is 84.2 Å². The molecule has 0 aromatic carbocycles. The van der Waals surface area contributed by atoms with Gasteiger partial charge in [0, 0.05) is 25.4 Å². The van der Waals surface area contributed by atoms with Crippen molar-refractivity contribution in [3.8, 4) is 0 Å². The molecule has 0 saturated heterocycles. The molecule has 19 heavy (non-hydrogen) atoms.